The zero-order valence-corrected chi connectivity index (χ0v) is 13.3. The van der Waals surface area contributed by atoms with Gasteiger partial charge in [0.2, 0.25) is 0 Å². The Bertz CT molecular complexity index is 744. The standard InChI is InChI=1S/C18H19N3O3/c1-3-12-19-17(22)13-8-4-5-9-14(13)20-18(23)21-15-10-6-7-11-16(15)24-2/h3-11H,1,12H2,2H3,(H,19,22)(H2,20,21,23). The van der Waals surface area contributed by atoms with Crippen molar-refractivity contribution >= 4 is 23.3 Å². The number of ether oxygens (including phenoxy) is 1. The molecule has 2 aromatic rings. The number of para-hydroxylation sites is 3. The lowest BCUT2D eigenvalue weighted by molar-refractivity contribution is 0.0959. The average molecular weight is 325 g/mol. The maximum Gasteiger partial charge on any atom is 0.323 e. The Hall–Kier alpha value is -3.28. The quantitative estimate of drug-likeness (QED) is 0.713. The molecule has 0 aliphatic carbocycles. The monoisotopic (exact) mass is 325 g/mol. The van der Waals surface area contributed by atoms with Gasteiger partial charge in [0.15, 0.2) is 0 Å². The van der Waals surface area contributed by atoms with Crippen LogP contribution in [0.25, 0.3) is 0 Å². The van der Waals surface area contributed by atoms with Gasteiger partial charge in [-0.15, -0.1) is 6.58 Å². The van der Waals surface area contributed by atoms with Crippen molar-refractivity contribution in [2.24, 2.45) is 0 Å². The van der Waals surface area contributed by atoms with Crippen molar-refractivity contribution < 1.29 is 14.3 Å². The number of urea groups is 1. The lowest BCUT2D eigenvalue weighted by Crippen LogP contribution is -2.26. The van der Waals surface area contributed by atoms with Gasteiger partial charge in [-0.1, -0.05) is 30.3 Å². The van der Waals surface area contributed by atoms with Crippen LogP contribution in [0.1, 0.15) is 10.4 Å². The molecule has 0 unspecified atom stereocenters. The molecular formula is C18H19N3O3. The Labute approximate surface area is 140 Å². The Balaban J connectivity index is 2.12. The first-order valence-electron chi connectivity index (χ1n) is 7.35. The van der Waals surface area contributed by atoms with Crippen LogP contribution in [0.3, 0.4) is 0 Å². The van der Waals surface area contributed by atoms with Gasteiger partial charge in [-0.05, 0) is 24.3 Å². The molecule has 3 amide bonds. The number of amides is 3. The SMILES string of the molecule is C=CCNC(=O)c1ccccc1NC(=O)Nc1ccccc1OC. The predicted molar refractivity (Wildman–Crippen MR) is 94.6 cm³/mol. The van der Waals surface area contributed by atoms with Crippen LogP contribution in [0, 0.1) is 0 Å². The summed E-state index contributed by atoms with van der Waals surface area (Å²) in [5.41, 5.74) is 1.31. The summed E-state index contributed by atoms with van der Waals surface area (Å²) < 4.78 is 5.19. The van der Waals surface area contributed by atoms with Crippen LogP contribution < -0.4 is 20.7 Å². The van der Waals surface area contributed by atoms with Crippen molar-refractivity contribution in [3.05, 3.63) is 66.7 Å². The van der Waals surface area contributed by atoms with E-state index in [1.807, 2.05) is 0 Å². The number of hydrogen-bond donors (Lipinski definition) is 3. The van der Waals surface area contributed by atoms with E-state index in [0.717, 1.165) is 0 Å². The third kappa shape index (κ3) is 4.36. The molecule has 0 bridgehead atoms. The summed E-state index contributed by atoms with van der Waals surface area (Å²) in [5.74, 6) is 0.257. The molecule has 0 fully saturated rings. The van der Waals surface area contributed by atoms with Crippen LogP contribution in [0.2, 0.25) is 0 Å². The average Bonchev–Trinajstić information content (AvgIpc) is 2.60. The first kappa shape index (κ1) is 17.1. The first-order chi connectivity index (χ1) is 11.7. The minimum atomic E-state index is -0.469. The number of hydrogen-bond acceptors (Lipinski definition) is 3. The fraction of sp³-hybridized carbons (Fsp3) is 0.111. The molecule has 2 rings (SSSR count). The molecule has 0 aliphatic heterocycles. The Morgan fingerprint density at radius 2 is 1.67 bits per heavy atom. The minimum Gasteiger partial charge on any atom is -0.495 e. The number of nitrogens with one attached hydrogen (secondary N) is 3. The molecule has 0 saturated carbocycles. The fourth-order valence-corrected chi connectivity index (χ4v) is 2.07. The van der Waals surface area contributed by atoms with E-state index in [4.69, 9.17) is 4.74 Å². The van der Waals surface area contributed by atoms with E-state index in [1.54, 1.807) is 54.6 Å². The van der Waals surface area contributed by atoms with Crippen molar-refractivity contribution in [2.75, 3.05) is 24.3 Å². The van der Waals surface area contributed by atoms with Gasteiger partial charge >= 0.3 is 6.03 Å². The number of methoxy groups -OCH3 is 1. The first-order valence-corrected chi connectivity index (χ1v) is 7.35. The molecule has 124 valence electrons. The van der Waals surface area contributed by atoms with Crippen LogP contribution in [0.5, 0.6) is 5.75 Å². The van der Waals surface area contributed by atoms with E-state index in [1.165, 1.54) is 7.11 Å². The normalized spacial score (nSPS) is 9.71. The Kier molecular flexibility index (Phi) is 5.96. The van der Waals surface area contributed by atoms with E-state index < -0.39 is 6.03 Å². The molecule has 24 heavy (non-hydrogen) atoms. The van der Waals surface area contributed by atoms with Crippen molar-refractivity contribution in [1.29, 1.82) is 0 Å². The molecule has 0 saturated heterocycles. The second-order valence-electron chi connectivity index (χ2n) is 4.82. The number of benzene rings is 2. The zero-order chi connectivity index (χ0) is 17.4. The van der Waals surface area contributed by atoms with Gasteiger partial charge in [0.1, 0.15) is 5.75 Å². The summed E-state index contributed by atoms with van der Waals surface area (Å²) in [7, 11) is 1.53. The van der Waals surface area contributed by atoms with Crippen LogP contribution in [0.15, 0.2) is 61.2 Å². The molecule has 3 N–H and O–H groups in total. The number of carbonyl (C=O) groups excluding carboxylic acids is 2. The molecule has 0 aromatic heterocycles. The maximum absolute atomic E-state index is 12.2. The van der Waals surface area contributed by atoms with Gasteiger partial charge in [-0.2, -0.15) is 0 Å². The smallest absolute Gasteiger partial charge is 0.323 e. The second kappa shape index (κ2) is 8.38. The third-order valence-electron chi connectivity index (χ3n) is 3.18. The molecule has 2 aromatic carbocycles. The topological polar surface area (TPSA) is 79.5 Å². The van der Waals surface area contributed by atoms with E-state index in [0.29, 0.717) is 29.2 Å². The van der Waals surface area contributed by atoms with Crippen molar-refractivity contribution in [3.8, 4) is 5.75 Å². The molecule has 0 heterocycles. The summed E-state index contributed by atoms with van der Waals surface area (Å²) in [5, 5.41) is 8.05. The van der Waals surface area contributed by atoms with E-state index in [2.05, 4.69) is 22.5 Å². The van der Waals surface area contributed by atoms with Gasteiger partial charge in [0.05, 0.1) is 24.0 Å². The van der Waals surface area contributed by atoms with Crippen molar-refractivity contribution in [3.63, 3.8) is 0 Å². The van der Waals surface area contributed by atoms with Crippen LogP contribution in [-0.2, 0) is 0 Å². The maximum atomic E-state index is 12.2. The summed E-state index contributed by atoms with van der Waals surface area (Å²) >= 11 is 0. The van der Waals surface area contributed by atoms with Crippen LogP contribution >= 0.6 is 0 Å². The van der Waals surface area contributed by atoms with E-state index in [9.17, 15) is 9.59 Å². The molecular weight excluding hydrogens is 306 g/mol. The molecule has 0 atom stereocenters. The third-order valence-corrected chi connectivity index (χ3v) is 3.18. The fourth-order valence-electron chi connectivity index (χ4n) is 2.07. The Morgan fingerprint density at radius 1 is 1.04 bits per heavy atom. The highest BCUT2D eigenvalue weighted by Crippen LogP contribution is 2.23. The summed E-state index contributed by atoms with van der Waals surface area (Å²) in [4.78, 5) is 24.3. The van der Waals surface area contributed by atoms with Gasteiger partial charge in [-0.3, -0.25) is 4.79 Å². The highest BCUT2D eigenvalue weighted by molar-refractivity contribution is 6.06. The van der Waals surface area contributed by atoms with Gasteiger partial charge in [-0.25, -0.2) is 4.79 Å². The number of rotatable bonds is 6. The Morgan fingerprint density at radius 3 is 2.38 bits per heavy atom. The van der Waals surface area contributed by atoms with Crippen LogP contribution in [0.4, 0.5) is 16.2 Å². The highest BCUT2D eigenvalue weighted by Gasteiger charge is 2.13. The summed E-state index contributed by atoms with van der Waals surface area (Å²) in [6.45, 7) is 3.90. The molecule has 0 aliphatic rings. The molecule has 0 spiro atoms. The molecule has 6 nitrogen and oxygen atoms in total. The number of anilines is 2. The second-order valence-corrected chi connectivity index (χ2v) is 4.82. The predicted octanol–water partition coefficient (Wildman–Crippen LogP) is 3.26. The van der Waals surface area contributed by atoms with Crippen molar-refractivity contribution in [2.45, 2.75) is 0 Å². The van der Waals surface area contributed by atoms with Gasteiger partial charge < -0.3 is 20.7 Å². The highest BCUT2D eigenvalue weighted by atomic mass is 16.5. The lowest BCUT2D eigenvalue weighted by atomic mass is 10.1. The molecule has 0 radical (unpaired) electrons. The van der Waals surface area contributed by atoms with E-state index in [-0.39, 0.29) is 5.91 Å². The largest absolute Gasteiger partial charge is 0.495 e. The van der Waals surface area contributed by atoms with Crippen LogP contribution in [-0.4, -0.2) is 25.6 Å². The molecule has 6 heteroatoms. The van der Waals surface area contributed by atoms with Crippen molar-refractivity contribution in [1.82, 2.24) is 5.32 Å². The van der Waals surface area contributed by atoms with E-state index >= 15 is 0 Å². The number of carbonyl (C=O) groups is 2. The summed E-state index contributed by atoms with van der Waals surface area (Å²) in [6.07, 6.45) is 1.59. The van der Waals surface area contributed by atoms with Gasteiger partial charge in [0, 0.05) is 6.54 Å². The minimum absolute atomic E-state index is 0.289. The zero-order valence-electron chi connectivity index (χ0n) is 13.3. The lowest BCUT2D eigenvalue weighted by Gasteiger charge is -2.13. The summed E-state index contributed by atoms with van der Waals surface area (Å²) in [6, 6.07) is 13.4. The van der Waals surface area contributed by atoms with Gasteiger partial charge in [0.25, 0.3) is 5.91 Å².